The molecule has 1 heterocycles. The van der Waals surface area contributed by atoms with E-state index >= 15 is 0 Å². The Kier molecular flexibility index (Phi) is 5.31. The van der Waals surface area contributed by atoms with E-state index in [1.54, 1.807) is 5.57 Å². The maximum absolute atomic E-state index is 5.87. The highest BCUT2D eigenvalue weighted by Gasteiger charge is 2.18. The third-order valence-electron chi connectivity index (χ3n) is 4.34. The fourth-order valence-electron chi connectivity index (χ4n) is 3.20. The Morgan fingerprint density at radius 2 is 1.32 bits per heavy atom. The first-order valence-corrected chi connectivity index (χ1v) is 8.53. The molecule has 1 nitrogen and oxygen atoms in total. The lowest BCUT2D eigenvalue weighted by atomic mass is 9.88. The first kappa shape index (κ1) is 15.3. The Hall–Kier alpha value is -1.57. The van der Waals surface area contributed by atoms with Gasteiger partial charge in [-0.1, -0.05) is 66.2 Å². The molecule has 1 saturated heterocycles. The molecule has 0 aromatic heterocycles. The molecule has 2 aromatic rings. The van der Waals surface area contributed by atoms with Crippen molar-refractivity contribution in [2.75, 3.05) is 25.5 Å². The summed E-state index contributed by atoms with van der Waals surface area (Å²) < 4.78 is 0. The third-order valence-corrected chi connectivity index (χ3v) is 4.51. The Morgan fingerprint density at radius 1 is 0.818 bits per heavy atom. The van der Waals surface area contributed by atoms with E-state index in [0.29, 0.717) is 0 Å². The minimum absolute atomic E-state index is 0.725. The van der Waals surface area contributed by atoms with Gasteiger partial charge in [0.1, 0.15) is 0 Å². The van der Waals surface area contributed by atoms with E-state index in [-0.39, 0.29) is 0 Å². The third kappa shape index (κ3) is 3.60. The number of likely N-dealkylation sites (tertiary alicyclic amines) is 1. The molecular weight excluding hydrogens is 290 g/mol. The van der Waals surface area contributed by atoms with Gasteiger partial charge in [0.05, 0.1) is 0 Å². The van der Waals surface area contributed by atoms with E-state index in [2.05, 4.69) is 65.6 Å². The van der Waals surface area contributed by atoms with Crippen molar-refractivity contribution < 1.29 is 0 Å². The van der Waals surface area contributed by atoms with Crippen LogP contribution in [0.15, 0.2) is 66.2 Å². The first-order chi connectivity index (χ1) is 10.9. The molecule has 114 valence electrons. The van der Waals surface area contributed by atoms with E-state index < -0.39 is 0 Å². The lowest BCUT2D eigenvalue weighted by molar-refractivity contribution is 0.272. The number of nitrogens with zero attached hydrogens (tertiary/aromatic N) is 1. The monoisotopic (exact) mass is 311 g/mol. The van der Waals surface area contributed by atoms with Crippen LogP contribution in [0.25, 0.3) is 5.57 Å². The zero-order valence-electron chi connectivity index (χ0n) is 12.8. The Bertz CT molecular complexity index is 567. The minimum atomic E-state index is 0.725. The van der Waals surface area contributed by atoms with E-state index in [0.717, 1.165) is 38.4 Å². The van der Waals surface area contributed by atoms with Gasteiger partial charge >= 0.3 is 0 Å². The molecule has 0 amide bonds. The second-order valence-electron chi connectivity index (χ2n) is 5.74. The van der Waals surface area contributed by atoms with E-state index in [9.17, 15) is 0 Å². The van der Waals surface area contributed by atoms with Crippen LogP contribution in [-0.4, -0.2) is 30.4 Å². The highest BCUT2D eigenvalue weighted by atomic mass is 35.5. The van der Waals surface area contributed by atoms with Crippen molar-refractivity contribution in [2.45, 2.75) is 12.8 Å². The van der Waals surface area contributed by atoms with Gasteiger partial charge < -0.3 is 4.90 Å². The van der Waals surface area contributed by atoms with Crippen LogP contribution < -0.4 is 0 Å². The molecule has 22 heavy (non-hydrogen) atoms. The van der Waals surface area contributed by atoms with Crippen molar-refractivity contribution in [1.82, 2.24) is 4.90 Å². The summed E-state index contributed by atoms with van der Waals surface area (Å²) in [6.45, 7) is 3.23. The van der Waals surface area contributed by atoms with Crippen LogP contribution in [0.4, 0.5) is 0 Å². The molecule has 2 aromatic carbocycles. The highest BCUT2D eigenvalue weighted by molar-refractivity contribution is 6.18. The normalized spacial score (nSPS) is 15.8. The van der Waals surface area contributed by atoms with Crippen molar-refractivity contribution in [3.63, 3.8) is 0 Å². The molecule has 3 rings (SSSR count). The molecular formula is C20H22ClN. The Labute approximate surface area is 138 Å². The predicted molar refractivity (Wildman–Crippen MR) is 95.3 cm³/mol. The molecule has 0 aliphatic carbocycles. The lowest BCUT2D eigenvalue weighted by Gasteiger charge is -2.29. The minimum Gasteiger partial charge on any atom is -0.302 e. The van der Waals surface area contributed by atoms with Crippen LogP contribution in [0, 0.1) is 0 Å². The number of alkyl halides is 1. The summed E-state index contributed by atoms with van der Waals surface area (Å²) in [4.78, 5) is 2.46. The lowest BCUT2D eigenvalue weighted by Crippen LogP contribution is -2.32. The molecule has 1 aliphatic rings. The molecule has 0 N–H and O–H groups in total. The van der Waals surface area contributed by atoms with Crippen molar-refractivity contribution >= 4 is 17.2 Å². The Morgan fingerprint density at radius 3 is 1.77 bits per heavy atom. The molecule has 1 fully saturated rings. The fourth-order valence-corrected chi connectivity index (χ4v) is 3.44. The molecule has 0 saturated carbocycles. The molecule has 0 radical (unpaired) electrons. The van der Waals surface area contributed by atoms with Gasteiger partial charge in [0, 0.05) is 25.5 Å². The van der Waals surface area contributed by atoms with Gasteiger partial charge in [0.25, 0.3) is 0 Å². The predicted octanol–water partition coefficient (Wildman–Crippen LogP) is 4.82. The zero-order chi connectivity index (χ0) is 15.2. The number of benzene rings is 2. The first-order valence-electron chi connectivity index (χ1n) is 7.99. The summed E-state index contributed by atoms with van der Waals surface area (Å²) in [6, 6.07) is 21.6. The van der Waals surface area contributed by atoms with Crippen LogP contribution in [0.2, 0.25) is 0 Å². The summed E-state index contributed by atoms with van der Waals surface area (Å²) in [5.74, 6) is 0.725. The second-order valence-corrected chi connectivity index (χ2v) is 6.12. The van der Waals surface area contributed by atoms with Gasteiger partial charge in [-0.15, -0.1) is 11.6 Å². The zero-order valence-corrected chi connectivity index (χ0v) is 13.6. The second kappa shape index (κ2) is 7.62. The van der Waals surface area contributed by atoms with Gasteiger partial charge in [0.2, 0.25) is 0 Å². The SMILES string of the molecule is ClCCN1CCC(=C(c2ccccc2)c2ccccc2)CC1. The molecule has 0 unspecified atom stereocenters. The van der Waals surface area contributed by atoms with Crippen LogP contribution in [-0.2, 0) is 0 Å². The summed E-state index contributed by atoms with van der Waals surface area (Å²) in [5, 5.41) is 0. The van der Waals surface area contributed by atoms with Crippen LogP contribution in [0.5, 0.6) is 0 Å². The Balaban J connectivity index is 1.95. The number of halogens is 1. The molecule has 2 heteroatoms. The fraction of sp³-hybridized carbons (Fsp3) is 0.300. The van der Waals surface area contributed by atoms with Crippen LogP contribution in [0.1, 0.15) is 24.0 Å². The number of hydrogen-bond donors (Lipinski definition) is 0. The topological polar surface area (TPSA) is 3.24 Å². The standard InChI is InChI=1S/C20H22ClN/c21-13-16-22-14-11-19(12-15-22)20(17-7-3-1-4-8-17)18-9-5-2-6-10-18/h1-10H,11-16H2. The van der Waals surface area contributed by atoms with Crippen molar-refractivity contribution in [3.8, 4) is 0 Å². The molecule has 1 aliphatic heterocycles. The number of piperidine rings is 1. The molecule has 0 spiro atoms. The average molecular weight is 312 g/mol. The highest BCUT2D eigenvalue weighted by Crippen LogP contribution is 2.32. The maximum Gasteiger partial charge on any atom is 0.0351 e. The number of rotatable bonds is 4. The van der Waals surface area contributed by atoms with Gasteiger partial charge in [0.15, 0.2) is 0 Å². The summed E-state index contributed by atoms with van der Waals surface area (Å²) in [7, 11) is 0. The summed E-state index contributed by atoms with van der Waals surface area (Å²) >= 11 is 5.87. The summed E-state index contributed by atoms with van der Waals surface area (Å²) in [6.07, 6.45) is 2.27. The summed E-state index contributed by atoms with van der Waals surface area (Å²) in [5.41, 5.74) is 5.65. The maximum atomic E-state index is 5.87. The molecule has 0 bridgehead atoms. The largest absolute Gasteiger partial charge is 0.302 e. The van der Waals surface area contributed by atoms with Crippen LogP contribution in [0.3, 0.4) is 0 Å². The molecule has 0 atom stereocenters. The van der Waals surface area contributed by atoms with E-state index in [4.69, 9.17) is 11.6 Å². The average Bonchev–Trinajstić information content (AvgIpc) is 2.59. The van der Waals surface area contributed by atoms with Crippen LogP contribution >= 0.6 is 11.6 Å². The smallest absolute Gasteiger partial charge is 0.0351 e. The van der Waals surface area contributed by atoms with Crippen molar-refractivity contribution in [3.05, 3.63) is 77.4 Å². The van der Waals surface area contributed by atoms with E-state index in [1.165, 1.54) is 16.7 Å². The van der Waals surface area contributed by atoms with Crippen molar-refractivity contribution in [2.24, 2.45) is 0 Å². The van der Waals surface area contributed by atoms with Gasteiger partial charge in [-0.3, -0.25) is 0 Å². The van der Waals surface area contributed by atoms with Gasteiger partial charge in [-0.2, -0.15) is 0 Å². The number of hydrogen-bond acceptors (Lipinski definition) is 1. The van der Waals surface area contributed by atoms with Gasteiger partial charge in [-0.05, 0) is 29.5 Å². The van der Waals surface area contributed by atoms with Gasteiger partial charge in [-0.25, -0.2) is 0 Å². The quantitative estimate of drug-likeness (QED) is 0.731. The van der Waals surface area contributed by atoms with E-state index in [1.807, 2.05) is 0 Å². The van der Waals surface area contributed by atoms with Crippen molar-refractivity contribution in [1.29, 1.82) is 0 Å².